The maximum Gasteiger partial charge on any atom is 0.291 e. The molecule has 2 N–H and O–H groups in total. The molecule has 7 nitrogen and oxygen atoms in total. The third-order valence-corrected chi connectivity index (χ3v) is 3.08. The molecule has 1 atom stereocenters. The highest BCUT2D eigenvalue weighted by molar-refractivity contribution is 5.90. The van der Waals surface area contributed by atoms with Crippen LogP contribution in [0, 0.1) is 0 Å². The minimum Gasteiger partial charge on any atom is -0.379 e. The number of nitrogens with zero attached hydrogens (tertiary/aromatic N) is 3. The lowest BCUT2D eigenvalue weighted by molar-refractivity contribution is 0.0342. The SMILES string of the molecule is CCc1nc(C(=O)NC(C)CN2CCOCC2)n[nH]1. The fraction of sp³-hybridized carbons (Fsp3) is 0.750. The molecule has 2 rings (SSSR count). The number of hydrogen-bond acceptors (Lipinski definition) is 5. The second-order valence-electron chi connectivity index (χ2n) is 4.75. The number of aryl methyl sites for hydroxylation is 1. The lowest BCUT2D eigenvalue weighted by Crippen LogP contribution is -2.46. The lowest BCUT2D eigenvalue weighted by Gasteiger charge is -2.29. The molecule has 1 aliphatic heterocycles. The van der Waals surface area contributed by atoms with Crippen molar-refractivity contribution >= 4 is 5.91 Å². The van der Waals surface area contributed by atoms with E-state index in [-0.39, 0.29) is 17.8 Å². The number of amides is 1. The van der Waals surface area contributed by atoms with E-state index < -0.39 is 0 Å². The highest BCUT2D eigenvalue weighted by atomic mass is 16.5. The van der Waals surface area contributed by atoms with E-state index in [1.165, 1.54) is 0 Å². The van der Waals surface area contributed by atoms with Gasteiger partial charge in [-0.15, -0.1) is 5.10 Å². The quantitative estimate of drug-likeness (QED) is 0.773. The van der Waals surface area contributed by atoms with Gasteiger partial charge in [0, 0.05) is 32.1 Å². The van der Waals surface area contributed by atoms with Crippen LogP contribution in [0.3, 0.4) is 0 Å². The van der Waals surface area contributed by atoms with Crippen molar-refractivity contribution in [2.75, 3.05) is 32.8 Å². The number of rotatable bonds is 5. The molecular weight excluding hydrogens is 246 g/mol. The Kier molecular flexibility index (Phi) is 4.86. The van der Waals surface area contributed by atoms with Crippen LogP contribution in [0.4, 0.5) is 0 Å². The Hall–Kier alpha value is -1.47. The molecule has 0 radical (unpaired) electrons. The van der Waals surface area contributed by atoms with Crippen LogP contribution in [0.1, 0.15) is 30.3 Å². The van der Waals surface area contributed by atoms with Crippen LogP contribution < -0.4 is 5.32 Å². The smallest absolute Gasteiger partial charge is 0.291 e. The largest absolute Gasteiger partial charge is 0.379 e. The fourth-order valence-corrected chi connectivity index (χ4v) is 2.06. The van der Waals surface area contributed by atoms with Gasteiger partial charge in [0.25, 0.3) is 5.91 Å². The molecule has 1 unspecified atom stereocenters. The Balaban J connectivity index is 1.80. The molecule has 1 amide bonds. The first-order valence-corrected chi connectivity index (χ1v) is 6.71. The number of nitrogens with one attached hydrogen (secondary N) is 2. The summed E-state index contributed by atoms with van der Waals surface area (Å²) < 4.78 is 5.29. The van der Waals surface area contributed by atoms with Crippen LogP contribution >= 0.6 is 0 Å². The third kappa shape index (κ3) is 4.00. The summed E-state index contributed by atoms with van der Waals surface area (Å²) >= 11 is 0. The molecule has 1 saturated heterocycles. The zero-order chi connectivity index (χ0) is 13.7. The summed E-state index contributed by atoms with van der Waals surface area (Å²) in [6.45, 7) is 8.13. The number of ether oxygens (including phenoxy) is 1. The Morgan fingerprint density at radius 2 is 2.26 bits per heavy atom. The van der Waals surface area contributed by atoms with E-state index in [0.717, 1.165) is 45.1 Å². The van der Waals surface area contributed by atoms with Crippen molar-refractivity contribution in [3.05, 3.63) is 11.6 Å². The van der Waals surface area contributed by atoms with Crippen LogP contribution in [-0.2, 0) is 11.2 Å². The average molecular weight is 267 g/mol. The minimum atomic E-state index is -0.225. The van der Waals surface area contributed by atoms with E-state index in [0.29, 0.717) is 0 Å². The summed E-state index contributed by atoms with van der Waals surface area (Å²) in [5.74, 6) is 0.716. The van der Waals surface area contributed by atoms with Crippen LogP contribution in [0.5, 0.6) is 0 Å². The van der Waals surface area contributed by atoms with Gasteiger partial charge in [0.05, 0.1) is 13.2 Å². The Labute approximate surface area is 112 Å². The number of H-pyrrole nitrogens is 1. The molecule has 19 heavy (non-hydrogen) atoms. The molecule has 0 bridgehead atoms. The number of morpholine rings is 1. The molecule has 0 spiro atoms. The predicted molar refractivity (Wildman–Crippen MR) is 69.9 cm³/mol. The molecule has 1 aromatic rings. The monoisotopic (exact) mass is 267 g/mol. The summed E-state index contributed by atoms with van der Waals surface area (Å²) in [4.78, 5) is 18.3. The van der Waals surface area contributed by atoms with E-state index in [4.69, 9.17) is 4.74 Å². The fourth-order valence-electron chi connectivity index (χ4n) is 2.06. The molecule has 0 aromatic carbocycles. The topological polar surface area (TPSA) is 83.1 Å². The third-order valence-electron chi connectivity index (χ3n) is 3.08. The summed E-state index contributed by atoms with van der Waals surface area (Å²) in [5.41, 5.74) is 0. The molecule has 7 heteroatoms. The van der Waals surface area contributed by atoms with E-state index in [1.807, 2.05) is 13.8 Å². The standard InChI is InChI=1S/C12H21N5O2/c1-3-10-14-11(16-15-10)12(18)13-9(2)8-17-4-6-19-7-5-17/h9H,3-8H2,1-2H3,(H,13,18)(H,14,15,16). The van der Waals surface area contributed by atoms with Gasteiger partial charge in [0.15, 0.2) is 0 Å². The van der Waals surface area contributed by atoms with Crippen LogP contribution in [0.15, 0.2) is 0 Å². The molecule has 1 aromatic heterocycles. The van der Waals surface area contributed by atoms with Crippen molar-refractivity contribution in [2.45, 2.75) is 26.3 Å². The van der Waals surface area contributed by atoms with Crippen molar-refractivity contribution in [3.63, 3.8) is 0 Å². The first-order chi connectivity index (χ1) is 9.19. The first-order valence-electron chi connectivity index (χ1n) is 6.71. The van der Waals surface area contributed by atoms with Crippen LogP contribution in [-0.4, -0.2) is 64.9 Å². The van der Waals surface area contributed by atoms with Gasteiger partial charge in [0.2, 0.25) is 5.82 Å². The number of carbonyl (C=O) groups is 1. The van der Waals surface area contributed by atoms with E-state index in [2.05, 4.69) is 25.4 Å². The van der Waals surface area contributed by atoms with Crippen molar-refractivity contribution in [1.29, 1.82) is 0 Å². The zero-order valence-corrected chi connectivity index (χ0v) is 11.5. The predicted octanol–water partition coefficient (Wildman–Crippen LogP) is -0.182. The molecule has 2 heterocycles. The number of hydrogen-bond donors (Lipinski definition) is 2. The molecular formula is C12H21N5O2. The normalized spacial score (nSPS) is 18.2. The summed E-state index contributed by atoms with van der Waals surface area (Å²) in [5, 5.41) is 9.56. The van der Waals surface area contributed by atoms with E-state index >= 15 is 0 Å². The van der Waals surface area contributed by atoms with Gasteiger partial charge in [-0.1, -0.05) is 6.92 Å². The Morgan fingerprint density at radius 1 is 1.53 bits per heavy atom. The van der Waals surface area contributed by atoms with Crippen molar-refractivity contribution in [2.24, 2.45) is 0 Å². The second kappa shape index (κ2) is 6.63. The van der Waals surface area contributed by atoms with Crippen molar-refractivity contribution in [3.8, 4) is 0 Å². The van der Waals surface area contributed by atoms with Crippen LogP contribution in [0.25, 0.3) is 0 Å². The summed E-state index contributed by atoms with van der Waals surface area (Å²) in [6, 6.07) is 0.0641. The number of aromatic nitrogens is 3. The van der Waals surface area contributed by atoms with Gasteiger partial charge in [0.1, 0.15) is 5.82 Å². The number of carbonyl (C=O) groups excluding carboxylic acids is 1. The minimum absolute atomic E-state index is 0.0641. The van der Waals surface area contributed by atoms with Gasteiger partial charge in [-0.3, -0.25) is 14.8 Å². The molecule has 0 aliphatic carbocycles. The van der Waals surface area contributed by atoms with E-state index in [1.54, 1.807) is 0 Å². The maximum atomic E-state index is 11.9. The zero-order valence-electron chi connectivity index (χ0n) is 11.5. The lowest BCUT2D eigenvalue weighted by atomic mass is 10.3. The highest BCUT2D eigenvalue weighted by Gasteiger charge is 2.18. The second-order valence-corrected chi connectivity index (χ2v) is 4.75. The van der Waals surface area contributed by atoms with Crippen molar-refractivity contribution in [1.82, 2.24) is 25.4 Å². The summed E-state index contributed by atoms with van der Waals surface area (Å²) in [6.07, 6.45) is 0.740. The molecule has 1 aliphatic rings. The Bertz CT molecular complexity index is 414. The maximum absolute atomic E-state index is 11.9. The number of aromatic amines is 1. The van der Waals surface area contributed by atoms with Gasteiger partial charge in [-0.25, -0.2) is 4.98 Å². The highest BCUT2D eigenvalue weighted by Crippen LogP contribution is 2.00. The molecule has 1 fully saturated rings. The average Bonchev–Trinajstić information content (AvgIpc) is 2.88. The first kappa shape index (κ1) is 14.0. The summed E-state index contributed by atoms with van der Waals surface area (Å²) in [7, 11) is 0. The van der Waals surface area contributed by atoms with Crippen LogP contribution in [0.2, 0.25) is 0 Å². The molecule has 106 valence electrons. The van der Waals surface area contributed by atoms with Crippen molar-refractivity contribution < 1.29 is 9.53 Å². The molecule has 0 saturated carbocycles. The van der Waals surface area contributed by atoms with Gasteiger partial charge in [-0.2, -0.15) is 0 Å². The van der Waals surface area contributed by atoms with Gasteiger partial charge >= 0.3 is 0 Å². The van der Waals surface area contributed by atoms with Gasteiger partial charge < -0.3 is 10.1 Å². The van der Waals surface area contributed by atoms with E-state index in [9.17, 15) is 4.79 Å². The Morgan fingerprint density at radius 3 is 2.89 bits per heavy atom. The van der Waals surface area contributed by atoms with Gasteiger partial charge in [-0.05, 0) is 6.92 Å².